The fraction of sp³-hybridized carbons (Fsp3) is 0.600. The Labute approximate surface area is 161 Å². The van der Waals surface area contributed by atoms with Crippen LogP contribution in [-0.4, -0.2) is 29.0 Å². The molecule has 0 bridgehead atoms. The molecule has 144 valence electrons. The molecule has 26 heavy (non-hydrogen) atoms. The van der Waals surface area contributed by atoms with Gasteiger partial charge in [0.25, 0.3) is 5.17 Å². The van der Waals surface area contributed by atoms with Gasteiger partial charge < -0.3 is 20.5 Å². The van der Waals surface area contributed by atoms with Crippen molar-refractivity contribution in [1.82, 2.24) is 10.6 Å². The van der Waals surface area contributed by atoms with E-state index in [0.717, 1.165) is 36.1 Å². The molecule has 1 aliphatic carbocycles. The monoisotopic (exact) mass is 378 g/mol. The van der Waals surface area contributed by atoms with E-state index in [-0.39, 0.29) is 16.9 Å². The Morgan fingerprint density at radius 2 is 1.88 bits per heavy atom. The van der Waals surface area contributed by atoms with Crippen LogP contribution in [0.3, 0.4) is 0 Å². The molecule has 1 aliphatic rings. The van der Waals surface area contributed by atoms with Crippen LogP contribution < -0.4 is 15.4 Å². The van der Waals surface area contributed by atoms with E-state index in [9.17, 15) is 4.79 Å². The summed E-state index contributed by atoms with van der Waals surface area (Å²) < 4.78 is 5.87. The molecule has 1 fully saturated rings. The van der Waals surface area contributed by atoms with Crippen molar-refractivity contribution in [3.8, 4) is 5.75 Å². The summed E-state index contributed by atoms with van der Waals surface area (Å²) in [6.45, 7) is 11.2. The number of amides is 1. The van der Waals surface area contributed by atoms with Gasteiger partial charge in [-0.2, -0.15) is 0 Å². The molecule has 2 atom stereocenters. The lowest BCUT2D eigenvalue weighted by atomic mass is 9.62. The van der Waals surface area contributed by atoms with Gasteiger partial charge in [0, 0.05) is 12.6 Å². The molecule has 0 radical (unpaired) electrons. The van der Waals surface area contributed by atoms with E-state index in [4.69, 9.17) is 22.1 Å². The van der Waals surface area contributed by atoms with Crippen molar-refractivity contribution in [2.75, 3.05) is 6.54 Å². The maximum Gasteiger partial charge on any atom is 0.404 e. The van der Waals surface area contributed by atoms with Crippen LogP contribution in [0.1, 0.15) is 51.2 Å². The third kappa shape index (κ3) is 5.59. The first kappa shape index (κ1) is 20.5. The highest BCUT2D eigenvalue weighted by Gasteiger charge is 2.41. The lowest BCUT2D eigenvalue weighted by Crippen LogP contribution is -2.50. The molecule has 0 heterocycles. The Morgan fingerprint density at radius 3 is 2.46 bits per heavy atom. The molecular formula is C20H30N2O3S. The van der Waals surface area contributed by atoms with Gasteiger partial charge in [-0.1, -0.05) is 39.0 Å². The topological polar surface area (TPSA) is 70.6 Å². The second-order valence-corrected chi connectivity index (χ2v) is 9.04. The van der Waals surface area contributed by atoms with E-state index in [0.29, 0.717) is 11.7 Å². The minimum absolute atomic E-state index is 0.0452. The van der Waals surface area contributed by atoms with Crippen molar-refractivity contribution < 1.29 is 14.6 Å². The van der Waals surface area contributed by atoms with E-state index in [1.807, 2.05) is 32.0 Å². The number of thiocarbonyl (C=S) groups is 1. The highest BCUT2D eigenvalue weighted by atomic mass is 32.1. The Hall–Kier alpha value is -1.82. The fourth-order valence-corrected chi connectivity index (χ4v) is 4.58. The summed E-state index contributed by atoms with van der Waals surface area (Å²) in [5.74, 6) is 0.796. The molecule has 1 aromatic carbocycles. The SMILES string of the molecule is Cc1cccc(C)c1OC(=S)NCC1(C)CC(NC(=O)O)CC(C)(C)C1. The number of carboxylic acid groups (broad SMARTS) is 1. The highest BCUT2D eigenvalue weighted by molar-refractivity contribution is 7.80. The minimum Gasteiger partial charge on any atom is -0.465 e. The molecule has 0 aliphatic heterocycles. The number of para-hydroxylation sites is 1. The van der Waals surface area contributed by atoms with Crippen molar-refractivity contribution in [2.24, 2.45) is 10.8 Å². The molecule has 0 spiro atoms. The van der Waals surface area contributed by atoms with E-state index in [1.165, 1.54) is 0 Å². The van der Waals surface area contributed by atoms with Crippen LogP contribution in [-0.2, 0) is 0 Å². The highest BCUT2D eigenvalue weighted by Crippen LogP contribution is 2.45. The van der Waals surface area contributed by atoms with Crippen LogP contribution in [0, 0.1) is 24.7 Å². The van der Waals surface area contributed by atoms with Gasteiger partial charge in [-0.25, -0.2) is 4.79 Å². The zero-order chi connectivity index (χ0) is 19.5. The average Bonchev–Trinajstić information content (AvgIpc) is 2.46. The van der Waals surface area contributed by atoms with Gasteiger partial charge in [0.05, 0.1) is 0 Å². The molecule has 1 aromatic rings. The van der Waals surface area contributed by atoms with Crippen molar-refractivity contribution in [3.05, 3.63) is 29.3 Å². The molecule has 2 unspecified atom stereocenters. The smallest absolute Gasteiger partial charge is 0.404 e. The zero-order valence-electron chi connectivity index (χ0n) is 16.3. The maximum atomic E-state index is 11.1. The zero-order valence-corrected chi connectivity index (χ0v) is 17.1. The Morgan fingerprint density at radius 1 is 1.27 bits per heavy atom. The lowest BCUT2D eigenvalue weighted by Gasteiger charge is -2.46. The van der Waals surface area contributed by atoms with Crippen molar-refractivity contribution in [2.45, 2.75) is 59.9 Å². The van der Waals surface area contributed by atoms with Crippen LogP contribution in [0.4, 0.5) is 4.79 Å². The van der Waals surface area contributed by atoms with Gasteiger partial charge in [-0.15, -0.1) is 0 Å². The Balaban J connectivity index is 2.00. The summed E-state index contributed by atoms with van der Waals surface area (Å²) >= 11 is 5.39. The lowest BCUT2D eigenvalue weighted by molar-refractivity contribution is 0.0726. The van der Waals surface area contributed by atoms with Gasteiger partial charge in [-0.3, -0.25) is 0 Å². The summed E-state index contributed by atoms with van der Waals surface area (Å²) in [5.41, 5.74) is 2.09. The van der Waals surface area contributed by atoms with Gasteiger partial charge in [0.15, 0.2) is 0 Å². The number of nitrogens with one attached hydrogen (secondary N) is 2. The summed E-state index contributed by atoms with van der Waals surface area (Å²) in [6, 6.07) is 5.95. The Bertz CT molecular complexity index is 669. The normalized spacial score (nSPS) is 24.6. The van der Waals surface area contributed by atoms with Crippen LogP contribution in [0.25, 0.3) is 0 Å². The van der Waals surface area contributed by atoms with Gasteiger partial charge in [0.1, 0.15) is 5.75 Å². The van der Waals surface area contributed by atoms with E-state index in [1.54, 1.807) is 0 Å². The van der Waals surface area contributed by atoms with E-state index in [2.05, 4.69) is 31.4 Å². The number of ether oxygens (including phenoxy) is 1. The second-order valence-electron chi connectivity index (χ2n) is 8.67. The average molecular weight is 379 g/mol. The molecule has 0 saturated heterocycles. The number of rotatable bonds is 4. The van der Waals surface area contributed by atoms with Gasteiger partial charge in [-0.05, 0) is 67.3 Å². The predicted octanol–water partition coefficient (Wildman–Crippen LogP) is 4.41. The summed E-state index contributed by atoms with van der Waals surface area (Å²) in [5, 5.41) is 15.3. The van der Waals surface area contributed by atoms with Crippen LogP contribution in [0.15, 0.2) is 18.2 Å². The molecule has 3 N–H and O–H groups in total. The van der Waals surface area contributed by atoms with Crippen molar-refractivity contribution in [3.63, 3.8) is 0 Å². The molecule has 0 aromatic heterocycles. The Kier molecular flexibility index (Phi) is 6.17. The van der Waals surface area contributed by atoms with Crippen LogP contribution in [0.5, 0.6) is 5.75 Å². The van der Waals surface area contributed by atoms with E-state index >= 15 is 0 Å². The fourth-order valence-electron chi connectivity index (χ4n) is 4.42. The molecule has 1 saturated carbocycles. The predicted molar refractivity (Wildman–Crippen MR) is 108 cm³/mol. The maximum absolute atomic E-state index is 11.1. The first-order valence-corrected chi connectivity index (χ1v) is 9.42. The third-order valence-corrected chi connectivity index (χ3v) is 5.26. The van der Waals surface area contributed by atoms with Gasteiger partial charge >= 0.3 is 6.09 Å². The van der Waals surface area contributed by atoms with Crippen LogP contribution in [0.2, 0.25) is 0 Å². The molecule has 5 nitrogen and oxygen atoms in total. The quantitative estimate of drug-likeness (QED) is 0.677. The van der Waals surface area contributed by atoms with Crippen molar-refractivity contribution in [1.29, 1.82) is 0 Å². The van der Waals surface area contributed by atoms with Crippen molar-refractivity contribution >= 4 is 23.5 Å². The molecular weight excluding hydrogens is 348 g/mol. The number of benzene rings is 1. The number of hydrogen-bond donors (Lipinski definition) is 3. The first-order chi connectivity index (χ1) is 12.0. The number of hydrogen-bond acceptors (Lipinski definition) is 3. The molecule has 6 heteroatoms. The number of aryl methyl sites for hydroxylation is 2. The summed E-state index contributed by atoms with van der Waals surface area (Å²) in [6.07, 6.45) is 1.66. The third-order valence-electron chi connectivity index (χ3n) is 5.03. The number of carbonyl (C=O) groups is 1. The molecule has 2 rings (SSSR count). The standard InChI is InChI=1S/C20H30N2O3S/c1-13-7-6-8-14(2)16(13)25-18(26)21-12-20(5)10-15(22-17(23)24)9-19(3,4)11-20/h6-8,15,22H,9-12H2,1-5H3,(H,21,26)(H,23,24). The first-order valence-electron chi connectivity index (χ1n) is 9.01. The summed E-state index contributed by atoms with van der Waals surface area (Å²) in [4.78, 5) is 11.1. The summed E-state index contributed by atoms with van der Waals surface area (Å²) in [7, 11) is 0. The molecule has 1 amide bonds. The second kappa shape index (κ2) is 7.82. The largest absolute Gasteiger partial charge is 0.465 e. The van der Waals surface area contributed by atoms with E-state index < -0.39 is 6.09 Å². The minimum atomic E-state index is -0.961. The van der Waals surface area contributed by atoms with Crippen LogP contribution >= 0.6 is 12.2 Å². The van der Waals surface area contributed by atoms with Gasteiger partial charge in [0.2, 0.25) is 0 Å².